The fourth-order valence-corrected chi connectivity index (χ4v) is 3.81. The Morgan fingerprint density at radius 1 is 1.12 bits per heavy atom. The summed E-state index contributed by atoms with van der Waals surface area (Å²) >= 11 is 0. The first-order valence-corrected chi connectivity index (χ1v) is 9.41. The molecule has 2 N–H and O–H groups in total. The van der Waals surface area contributed by atoms with Crippen molar-refractivity contribution < 1.29 is 4.79 Å². The zero-order chi connectivity index (χ0) is 17.8. The number of benzene rings is 2. The lowest BCUT2D eigenvalue weighted by atomic mass is 10.1. The van der Waals surface area contributed by atoms with E-state index in [2.05, 4.69) is 51.6 Å². The van der Waals surface area contributed by atoms with Crippen LogP contribution in [0.3, 0.4) is 0 Å². The van der Waals surface area contributed by atoms with Crippen LogP contribution < -0.4 is 10.2 Å². The Morgan fingerprint density at radius 3 is 2.81 bits per heavy atom. The smallest absolute Gasteiger partial charge is 0.220 e. The molecule has 0 radical (unpaired) electrons. The van der Waals surface area contributed by atoms with E-state index < -0.39 is 0 Å². The second kappa shape index (κ2) is 7.65. The van der Waals surface area contributed by atoms with Crippen LogP contribution in [0.15, 0.2) is 60.8 Å². The quantitative estimate of drug-likeness (QED) is 0.713. The molecule has 1 amide bonds. The lowest BCUT2D eigenvalue weighted by molar-refractivity contribution is -0.121. The predicted molar refractivity (Wildman–Crippen MR) is 106 cm³/mol. The van der Waals surface area contributed by atoms with E-state index in [1.807, 2.05) is 24.4 Å². The number of hydrogen-bond acceptors (Lipinski definition) is 2. The lowest BCUT2D eigenvalue weighted by Gasteiger charge is -2.18. The third-order valence-corrected chi connectivity index (χ3v) is 5.29. The van der Waals surface area contributed by atoms with Gasteiger partial charge in [-0.2, -0.15) is 0 Å². The molecule has 1 aromatic heterocycles. The number of carbonyl (C=O) groups excluding carboxylic acids is 1. The number of amides is 1. The molecule has 1 aliphatic heterocycles. The summed E-state index contributed by atoms with van der Waals surface area (Å²) in [6, 6.07) is 18.8. The van der Waals surface area contributed by atoms with Gasteiger partial charge in [0.05, 0.1) is 0 Å². The number of aromatic nitrogens is 1. The van der Waals surface area contributed by atoms with Crippen LogP contribution in [0, 0.1) is 5.92 Å². The maximum Gasteiger partial charge on any atom is 0.220 e. The molecule has 2 aromatic carbocycles. The van der Waals surface area contributed by atoms with E-state index in [1.54, 1.807) is 0 Å². The molecule has 1 aliphatic rings. The third-order valence-electron chi connectivity index (χ3n) is 5.29. The summed E-state index contributed by atoms with van der Waals surface area (Å²) in [5.41, 5.74) is 3.63. The van der Waals surface area contributed by atoms with Crippen LogP contribution in [0.5, 0.6) is 0 Å². The largest absolute Gasteiger partial charge is 0.371 e. The highest BCUT2D eigenvalue weighted by Crippen LogP contribution is 2.23. The van der Waals surface area contributed by atoms with Crippen LogP contribution in [-0.2, 0) is 11.2 Å². The van der Waals surface area contributed by atoms with E-state index in [0.717, 1.165) is 38.0 Å². The number of H-pyrrole nitrogens is 1. The molecule has 1 saturated heterocycles. The van der Waals surface area contributed by atoms with Gasteiger partial charge >= 0.3 is 0 Å². The van der Waals surface area contributed by atoms with Crippen LogP contribution in [0.2, 0.25) is 0 Å². The molecule has 4 heteroatoms. The van der Waals surface area contributed by atoms with E-state index in [-0.39, 0.29) is 5.91 Å². The number of nitrogens with one attached hydrogen (secondary N) is 2. The second-order valence-corrected chi connectivity index (χ2v) is 7.10. The number of fused-ring (bicyclic) bond motifs is 1. The molecule has 1 atom stereocenters. The van der Waals surface area contributed by atoms with E-state index in [1.165, 1.54) is 16.6 Å². The minimum Gasteiger partial charge on any atom is -0.371 e. The van der Waals surface area contributed by atoms with Crippen molar-refractivity contribution >= 4 is 22.5 Å². The van der Waals surface area contributed by atoms with Crippen LogP contribution in [0.4, 0.5) is 5.69 Å². The first-order chi connectivity index (χ1) is 12.8. The van der Waals surface area contributed by atoms with Crippen LogP contribution in [0.25, 0.3) is 10.9 Å². The van der Waals surface area contributed by atoms with Gasteiger partial charge in [0.1, 0.15) is 0 Å². The van der Waals surface area contributed by atoms with Crippen molar-refractivity contribution in [3.05, 3.63) is 66.4 Å². The van der Waals surface area contributed by atoms with Gasteiger partial charge in [0.15, 0.2) is 0 Å². The van der Waals surface area contributed by atoms with Crippen molar-refractivity contribution in [1.29, 1.82) is 0 Å². The van der Waals surface area contributed by atoms with Gasteiger partial charge in [-0.15, -0.1) is 0 Å². The molecule has 1 fully saturated rings. The number of anilines is 1. The van der Waals surface area contributed by atoms with E-state index in [4.69, 9.17) is 0 Å². The number of aryl methyl sites for hydroxylation is 1. The molecule has 2 heterocycles. The highest BCUT2D eigenvalue weighted by Gasteiger charge is 2.22. The van der Waals surface area contributed by atoms with Gasteiger partial charge in [-0.3, -0.25) is 4.79 Å². The Kier molecular flexibility index (Phi) is 4.91. The van der Waals surface area contributed by atoms with E-state index in [0.29, 0.717) is 12.3 Å². The molecule has 0 spiro atoms. The number of aromatic amines is 1. The number of carbonyl (C=O) groups is 1. The van der Waals surface area contributed by atoms with Crippen LogP contribution in [0.1, 0.15) is 18.4 Å². The summed E-state index contributed by atoms with van der Waals surface area (Å²) < 4.78 is 0. The summed E-state index contributed by atoms with van der Waals surface area (Å²) in [4.78, 5) is 17.9. The zero-order valence-corrected chi connectivity index (χ0v) is 14.9. The number of hydrogen-bond donors (Lipinski definition) is 2. The van der Waals surface area contributed by atoms with Gasteiger partial charge in [-0.25, -0.2) is 0 Å². The number of rotatable bonds is 6. The molecule has 0 unspecified atom stereocenters. The number of nitrogens with zero attached hydrogens (tertiary/aromatic N) is 1. The summed E-state index contributed by atoms with van der Waals surface area (Å²) in [5, 5.41) is 4.35. The summed E-state index contributed by atoms with van der Waals surface area (Å²) in [6.45, 7) is 2.86. The molecule has 134 valence electrons. The molecular formula is C22H25N3O. The summed E-state index contributed by atoms with van der Waals surface area (Å²) in [6.07, 6.45) is 4.47. The topological polar surface area (TPSA) is 48.1 Å². The molecule has 26 heavy (non-hydrogen) atoms. The predicted octanol–water partition coefficient (Wildman–Crippen LogP) is 3.74. The Balaban J connectivity index is 1.23. The maximum atomic E-state index is 12.2. The zero-order valence-electron chi connectivity index (χ0n) is 14.9. The van der Waals surface area contributed by atoms with Crippen LogP contribution >= 0.6 is 0 Å². The van der Waals surface area contributed by atoms with Crippen LogP contribution in [-0.4, -0.2) is 30.5 Å². The second-order valence-electron chi connectivity index (χ2n) is 7.10. The van der Waals surface area contributed by atoms with Crippen molar-refractivity contribution in [3.63, 3.8) is 0 Å². The van der Waals surface area contributed by atoms with Gasteiger partial charge < -0.3 is 15.2 Å². The van der Waals surface area contributed by atoms with Gasteiger partial charge in [-0.05, 0) is 42.5 Å². The number of para-hydroxylation sites is 2. The first-order valence-electron chi connectivity index (χ1n) is 9.41. The molecule has 3 aromatic rings. The van der Waals surface area contributed by atoms with Crippen molar-refractivity contribution in [2.45, 2.75) is 19.3 Å². The van der Waals surface area contributed by atoms with Crippen molar-refractivity contribution in [1.82, 2.24) is 10.3 Å². The Hall–Kier alpha value is -2.75. The minimum absolute atomic E-state index is 0.147. The Morgan fingerprint density at radius 2 is 1.92 bits per heavy atom. The summed E-state index contributed by atoms with van der Waals surface area (Å²) in [5.74, 6) is 0.681. The highest BCUT2D eigenvalue weighted by molar-refractivity contribution is 5.84. The fourth-order valence-electron chi connectivity index (χ4n) is 3.81. The molecular weight excluding hydrogens is 322 g/mol. The van der Waals surface area contributed by atoms with Gasteiger partial charge in [0, 0.05) is 48.8 Å². The molecule has 0 bridgehead atoms. The molecule has 0 saturated carbocycles. The van der Waals surface area contributed by atoms with Crippen molar-refractivity contribution in [2.24, 2.45) is 5.92 Å². The standard InChI is InChI=1S/C22H25N3O/c26-22(11-10-18-15-23-21-9-5-4-8-20(18)21)24-14-17-12-13-25(16-17)19-6-2-1-3-7-19/h1-9,15,17,23H,10-14,16H2,(H,24,26)/t17-/m1/s1. The van der Waals surface area contributed by atoms with E-state index >= 15 is 0 Å². The van der Waals surface area contributed by atoms with E-state index in [9.17, 15) is 4.79 Å². The Bertz CT molecular complexity index is 871. The normalized spacial score (nSPS) is 16.9. The molecule has 4 rings (SSSR count). The molecule has 0 aliphatic carbocycles. The third kappa shape index (κ3) is 3.74. The average molecular weight is 347 g/mol. The summed E-state index contributed by atoms with van der Waals surface area (Å²) in [7, 11) is 0. The highest BCUT2D eigenvalue weighted by atomic mass is 16.1. The fraction of sp³-hybridized carbons (Fsp3) is 0.318. The van der Waals surface area contributed by atoms with Crippen molar-refractivity contribution in [3.8, 4) is 0 Å². The monoisotopic (exact) mass is 347 g/mol. The maximum absolute atomic E-state index is 12.2. The molecule has 4 nitrogen and oxygen atoms in total. The Labute approximate surface area is 154 Å². The SMILES string of the molecule is O=C(CCc1c[nH]c2ccccc12)NC[C@H]1CCN(c2ccccc2)C1. The van der Waals surface area contributed by atoms with Gasteiger partial charge in [-0.1, -0.05) is 36.4 Å². The minimum atomic E-state index is 0.147. The first kappa shape index (κ1) is 16.7. The van der Waals surface area contributed by atoms with Crippen molar-refractivity contribution in [2.75, 3.05) is 24.5 Å². The van der Waals surface area contributed by atoms with Gasteiger partial charge in [0.25, 0.3) is 0 Å². The van der Waals surface area contributed by atoms with Gasteiger partial charge in [0.2, 0.25) is 5.91 Å². The lowest BCUT2D eigenvalue weighted by Crippen LogP contribution is -2.31. The average Bonchev–Trinajstić information content (AvgIpc) is 3.33.